The lowest BCUT2D eigenvalue weighted by molar-refractivity contribution is -0.146. The summed E-state index contributed by atoms with van der Waals surface area (Å²) >= 11 is 0. The molecule has 4 aliphatic rings. The number of hydrogen-bond acceptors (Lipinski definition) is 7. The number of carbonyl (C=O) groups excluding carboxylic acids is 2. The van der Waals surface area contributed by atoms with Gasteiger partial charge in [0.15, 0.2) is 0 Å². The van der Waals surface area contributed by atoms with E-state index in [1.807, 2.05) is 18.2 Å². The third-order valence-corrected chi connectivity index (χ3v) is 9.27. The summed E-state index contributed by atoms with van der Waals surface area (Å²) < 4.78 is 86.5. The normalized spacial score (nSPS) is 27.3. The average molecular weight is 633 g/mol. The molecule has 1 aromatic heterocycles. The van der Waals surface area contributed by atoms with Gasteiger partial charge in [0.1, 0.15) is 17.8 Å². The van der Waals surface area contributed by atoms with Crippen molar-refractivity contribution in [3.05, 3.63) is 78.0 Å². The molecule has 1 aliphatic carbocycles. The number of rotatable bonds is 8. The zero-order chi connectivity index (χ0) is 32.3. The number of Topliss-reactive ketones (excluding diaryl/α,β-unsaturated/α-hetero) is 2. The molecule has 7 atom stereocenters. The highest BCUT2D eigenvalue weighted by atomic mass is 19.4. The van der Waals surface area contributed by atoms with Crippen molar-refractivity contribution in [2.75, 3.05) is 25.5 Å². The van der Waals surface area contributed by atoms with Gasteiger partial charge in [-0.2, -0.15) is 26.3 Å². The minimum atomic E-state index is -5.07. The third kappa shape index (κ3) is 5.79. The Bertz CT molecular complexity index is 1630. The molecule has 1 saturated carbocycles. The topological polar surface area (TPSA) is 83.6 Å². The molecule has 13 heteroatoms. The van der Waals surface area contributed by atoms with Crippen LogP contribution in [0.5, 0.6) is 5.75 Å². The Labute approximate surface area is 254 Å². The largest absolute Gasteiger partial charge is 0.497 e. The van der Waals surface area contributed by atoms with Crippen LogP contribution in [0.2, 0.25) is 0 Å². The molecule has 4 fully saturated rings. The average Bonchev–Trinajstić information content (AvgIpc) is 3.03. The van der Waals surface area contributed by atoms with Gasteiger partial charge in [-0.05, 0) is 79.3 Å². The van der Waals surface area contributed by atoms with Gasteiger partial charge < -0.3 is 10.1 Å². The molecule has 4 heterocycles. The summed E-state index contributed by atoms with van der Waals surface area (Å²) in [4.78, 5) is 32.6. The summed E-state index contributed by atoms with van der Waals surface area (Å²) in [6, 6.07) is 4.93. The SMILES string of the molecule is C=CC1CN2CCC1CC2[C@@H](NC1C(=O)C(=O)C1Nc1cc(C(F)(F)F)cc(C(F)(F)F)c1)c1ccnc2ccc(OC)cc12. The molecular formula is C32H30F6N4O3. The van der Waals surface area contributed by atoms with Crippen molar-refractivity contribution >= 4 is 28.2 Å². The Morgan fingerprint density at radius 3 is 2.29 bits per heavy atom. The Morgan fingerprint density at radius 1 is 1.00 bits per heavy atom. The van der Waals surface area contributed by atoms with E-state index in [1.54, 1.807) is 18.3 Å². The highest BCUT2D eigenvalue weighted by Crippen LogP contribution is 2.43. The molecule has 3 aromatic rings. The Kier molecular flexibility index (Phi) is 7.88. The van der Waals surface area contributed by atoms with E-state index in [0.29, 0.717) is 29.3 Å². The van der Waals surface area contributed by atoms with E-state index in [-0.39, 0.29) is 18.0 Å². The van der Waals surface area contributed by atoms with E-state index in [2.05, 4.69) is 27.1 Å². The quantitative estimate of drug-likeness (QED) is 0.184. The molecule has 7 nitrogen and oxygen atoms in total. The first kappa shape index (κ1) is 31.0. The molecule has 0 radical (unpaired) electrons. The molecule has 0 spiro atoms. The van der Waals surface area contributed by atoms with Crippen LogP contribution in [0.1, 0.15) is 35.6 Å². The molecule has 238 valence electrons. The first-order chi connectivity index (χ1) is 21.3. The van der Waals surface area contributed by atoms with Crippen LogP contribution < -0.4 is 15.4 Å². The number of pyridine rings is 1. The smallest absolute Gasteiger partial charge is 0.416 e. The number of aromatic nitrogens is 1. The lowest BCUT2D eigenvalue weighted by atomic mass is 9.72. The molecule has 3 saturated heterocycles. The number of nitrogens with zero attached hydrogens (tertiary/aromatic N) is 2. The van der Waals surface area contributed by atoms with E-state index in [9.17, 15) is 35.9 Å². The maximum atomic E-state index is 13.5. The van der Waals surface area contributed by atoms with Crippen LogP contribution in [-0.2, 0) is 21.9 Å². The standard InChI is InChI=1S/C32H30F6N4O3/c1-3-16-15-42-9-7-17(16)10-25(42)26(22-6-8-39-24-5-4-21(45-2)14-23(22)24)41-28-27(29(43)30(28)44)40-20-12-18(31(33,34)35)11-19(13-20)32(36,37)38/h3-6,8,11-14,16-17,25-28,40-41H,1,7,9-10,15H2,2H3/t16?,17?,25?,26-,27?,28?/m0/s1. The van der Waals surface area contributed by atoms with Crippen LogP contribution >= 0.6 is 0 Å². The van der Waals surface area contributed by atoms with Gasteiger partial charge in [0.05, 0.1) is 23.8 Å². The second-order valence-electron chi connectivity index (χ2n) is 11.8. The van der Waals surface area contributed by atoms with Crippen molar-refractivity contribution in [2.45, 2.75) is 49.4 Å². The van der Waals surface area contributed by atoms with Gasteiger partial charge in [-0.3, -0.25) is 24.8 Å². The fraction of sp³-hybridized carbons (Fsp3) is 0.406. The molecule has 45 heavy (non-hydrogen) atoms. The molecule has 0 amide bonds. The number of ketones is 2. The molecule has 6 unspecified atom stereocenters. The number of anilines is 1. The number of benzene rings is 2. The summed E-state index contributed by atoms with van der Waals surface area (Å²) in [6.07, 6.45) is -4.85. The van der Waals surface area contributed by atoms with Crippen LogP contribution in [0.15, 0.2) is 61.3 Å². The van der Waals surface area contributed by atoms with E-state index < -0.39 is 58.9 Å². The Hall–Kier alpha value is -3.97. The lowest BCUT2D eigenvalue weighted by Gasteiger charge is -2.52. The maximum Gasteiger partial charge on any atom is 0.416 e. The molecule has 2 bridgehead atoms. The number of halogens is 6. The number of carbonyl (C=O) groups is 2. The monoisotopic (exact) mass is 632 g/mol. The van der Waals surface area contributed by atoms with Gasteiger partial charge in [0.2, 0.25) is 11.6 Å². The minimum Gasteiger partial charge on any atom is -0.497 e. The van der Waals surface area contributed by atoms with Gasteiger partial charge in [-0.15, -0.1) is 6.58 Å². The fourth-order valence-corrected chi connectivity index (χ4v) is 6.92. The van der Waals surface area contributed by atoms with E-state index in [4.69, 9.17) is 4.74 Å². The Morgan fingerprint density at radius 2 is 1.69 bits per heavy atom. The number of fused-ring (bicyclic) bond motifs is 4. The van der Waals surface area contributed by atoms with Crippen LogP contribution in [0.25, 0.3) is 10.9 Å². The number of piperidine rings is 3. The van der Waals surface area contributed by atoms with E-state index in [0.717, 1.165) is 36.9 Å². The highest BCUT2D eigenvalue weighted by Gasteiger charge is 2.52. The number of nitrogens with one attached hydrogen (secondary N) is 2. The first-order valence-corrected chi connectivity index (χ1v) is 14.5. The van der Waals surface area contributed by atoms with Crippen molar-refractivity contribution in [1.82, 2.24) is 15.2 Å². The number of alkyl halides is 6. The summed E-state index contributed by atoms with van der Waals surface area (Å²) in [6.45, 7) is 5.52. The minimum absolute atomic E-state index is 0.0105. The van der Waals surface area contributed by atoms with Crippen molar-refractivity contribution in [3.63, 3.8) is 0 Å². The summed E-state index contributed by atoms with van der Waals surface area (Å²) in [7, 11) is 1.53. The van der Waals surface area contributed by atoms with Gasteiger partial charge in [-0.25, -0.2) is 0 Å². The van der Waals surface area contributed by atoms with Crippen LogP contribution in [0, 0.1) is 11.8 Å². The molecule has 3 aliphatic heterocycles. The molecule has 7 rings (SSSR count). The predicted octanol–water partition coefficient (Wildman–Crippen LogP) is 5.81. The van der Waals surface area contributed by atoms with Crippen molar-refractivity contribution in [1.29, 1.82) is 0 Å². The van der Waals surface area contributed by atoms with E-state index in [1.165, 1.54) is 7.11 Å². The fourth-order valence-electron chi connectivity index (χ4n) is 6.92. The van der Waals surface area contributed by atoms with Gasteiger partial charge >= 0.3 is 12.4 Å². The van der Waals surface area contributed by atoms with Crippen LogP contribution in [0.4, 0.5) is 32.0 Å². The van der Waals surface area contributed by atoms with Crippen molar-refractivity contribution < 1.29 is 40.7 Å². The predicted molar refractivity (Wildman–Crippen MR) is 154 cm³/mol. The zero-order valence-electron chi connectivity index (χ0n) is 24.1. The zero-order valence-corrected chi connectivity index (χ0v) is 24.1. The van der Waals surface area contributed by atoms with Gasteiger partial charge in [0, 0.05) is 35.9 Å². The molecule has 2 aromatic carbocycles. The third-order valence-electron chi connectivity index (χ3n) is 9.27. The van der Waals surface area contributed by atoms with Crippen molar-refractivity contribution in [3.8, 4) is 5.75 Å². The van der Waals surface area contributed by atoms with Crippen molar-refractivity contribution in [2.24, 2.45) is 11.8 Å². The molecular weight excluding hydrogens is 602 g/mol. The highest BCUT2D eigenvalue weighted by molar-refractivity contribution is 6.49. The summed E-state index contributed by atoms with van der Waals surface area (Å²) in [5.41, 5.74) is -2.19. The van der Waals surface area contributed by atoms with E-state index >= 15 is 0 Å². The van der Waals surface area contributed by atoms with Gasteiger partial charge in [0.25, 0.3) is 0 Å². The first-order valence-electron chi connectivity index (χ1n) is 14.5. The molecule has 2 N–H and O–H groups in total. The second kappa shape index (κ2) is 11.4. The Balaban J connectivity index is 1.37. The number of hydrogen-bond donors (Lipinski definition) is 2. The van der Waals surface area contributed by atoms with Gasteiger partial charge in [-0.1, -0.05) is 6.08 Å². The lowest BCUT2D eigenvalue weighted by Crippen LogP contribution is -2.69. The summed E-state index contributed by atoms with van der Waals surface area (Å²) in [5.74, 6) is -0.544. The second-order valence-corrected chi connectivity index (χ2v) is 11.8. The van der Waals surface area contributed by atoms with Crippen LogP contribution in [0.3, 0.4) is 0 Å². The maximum absolute atomic E-state index is 13.5. The summed E-state index contributed by atoms with van der Waals surface area (Å²) in [5, 5.41) is 6.56. The number of methoxy groups -OCH3 is 1. The number of ether oxygens (including phenoxy) is 1. The van der Waals surface area contributed by atoms with Crippen LogP contribution in [-0.4, -0.2) is 59.8 Å².